The summed E-state index contributed by atoms with van der Waals surface area (Å²) >= 11 is 5.98. The summed E-state index contributed by atoms with van der Waals surface area (Å²) in [5, 5.41) is 8.06. The van der Waals surface area contributed by atoms with Crippen LogP contribution in [0.4, 0.5) is 0 Å². The summed E-state index contributed by atoms with van der Waals surface area (Å²) in [7, 11) is 0. The molecule has 1 aliphatic heterocycles. The fourth-order valence-electron chi connectivity index (χ4n) is 2.37. The van der Waals surface area contributed by atoms with Gasteiger partial charge in [0.2, 0.25) is 0 Å². The Morgan fingerprint density at radius 3 is 2.89 bits per heavy atom. The van der Waals surface area contributed by atoms with Crippen LogP contribution in [0, 0.1) is 5.92 Å². The summed E-state index contributed by atoms with van der Waals surface area (Å²) in [6.45, 7) is 11.0. The first kappa shape index (κ1) is 14.8. The van der Waals surface area contributed by atoms with Crippen molar-refractivity contribution in [2.24, 2.45) is 5.92 Å². The number of alkyl halides is 1. The van der Waals surface area contributed by atoms with Crippen molar-refractivity contribution < 1.29 is 4.74 Å². The molecule has 0 bridgehead atoms. The Kier molecular flexibility index (Phi) is 5.19. The minimum atomic E-state index is -0.0986. The van der Waals surface area contributed by atoms with E-state index in [1.165, 1.54) is 0 Å². The standard InChI is InChI=1S/C13H23ClN4O/c1-10(2)6-17-4-5-19-12(7-17)8-18-9-13(11(3)14)15-16-18/h9-12H,4-8H2,1-3H3. The van der Waals surface area contributed by atoms with Gasteiger partial charge < -0.3 is 4.74 Å². The van der Waals surface area contributed by atoms with Crippen LogP contribution in [0.2, 0.25) is 0 Å². The van der Waals surface area contributed by atoms with Crippen LogP contribution < -0.4 is 0 Å². The van der Waals surface area contributed by atoms with Crippen molar-refractivity contribution >= 4 is 11.6 Å². The van der Waals surface area contributed by atoms with Gasteiger partial charge in [0.1, 0.15) is 5.69 Å². The minimum absolute atomic E-state index is 0.0986. The molecular formula is C13H23ClN4O. The lowest BCUT2D eigenvalue weighted by Crippen LogP contribution is -2.45. The predicted molar refractivity (Wildman–Crippen MR) is 75.3 cm³/mol. The van der Waals surface area contributed by atoms with E-state index in [1.54, 1.807) is 0 Å². The van der Waals surface area contributed by atoms with Gasteiger partial charge in [0, 0.05) is 19.6 Å². The van der Waals surface area contributed by atoms with Gasteiger partial charge in [-0.1, -0.05) is 19.1 Å². The first-order valence-electron chi connectivity index (χ1n) is 6.92. The summed E-state index contributed by atoms with van der Waals surface area (Å²) in [5.41, 5.74) is 0.816. The highest BCUT2D eigenvalue weighted by atomic mass is 35.5. The maximum Gasteiger partial charge on any atom is 0.100 e. The third kappa shape index (κ3) is 4.44. The van der Waals surface area contributed by atoms with Crippen molar-refractivity contribution in [3.63, 3.8) is 0 Å². The fraction of sp³-hybridized carbons (Fsp3) is 0.846. The van der Waals surface area contributed by atoms with Gasteiger partial charge in [-0.05, 0) is 12.8 Å². The number of nitrogens with zero attached hydrogens (tertiary/aromatic N) is 4. The second kappa shape index (κ2) is 6.68. The van der Waals surface area contributed by atoms with Crippen molar-refractivity contribution in [3.8, 4) is 0 Å². The number of ether oxygens (including phenoxy) is 1. The highest BCUT2D eigenvalue weighted by Gasteiger charge is 2.22. The molecule has 0 spiro atoms. The molecule has 0 saturated carbocycles. The average molecular weight is 287 g/mol. The Morgan fingerprint density at radius 1 is 1.47 bits per heavy atom. The van der Waals surface area contributed by atoms with Crippen LogP contribution in [0.25, 0.3) is 0 Å². The first-order valence-corrected chi connectivity index (χ1v) is 7.36. The van der Waals surface area contributed by atoms with Gasteiger partial charge in [0.05, 0.1) is 30.8 Å². The van der Waals surface area contributed by atoms with Gasteiger partial charge in [0.15, 0.2) is 0 Å². The Labute approximate surface area is 119 Å². The van der Waals surface area contributed by atoms with E-state index in [9.17, 15) is 0 Å². The SMILES string of the molecule is CC(C)CN1CCOC(Cn2cc(C(C)Cl)nn2)C1. The van der Waals surface area contributed by atoms with Crippen LogP contribution in [-0.4, -0.2) is 52.2 Å². The number of hydrogen-bond donors (Lipinski definition) is 0. The third-order valence-electron chi connectivity index (χ3n) is 3.20. The molecule has 2 unspecified atom stereocenters. The smallest absolute Gasteiger partial charge is 0.100 e. The van der Waals surface area contributed by atoms with Crippen LogP contribution in [-0.2, 0) is 11.3 Å². The molecular weight excluding hydrogens is 264 g/mol. The van der Waals surface area contributed by atoms with Crippen LogP contribution in [0.5, 0.6) is 0 Å². The molecule has 1 fully saturated rings. The molecule has 5 nitrogen and oxygen atoms in total. The second-order valence-corrected chi connectivity index (χ2v) is 6.28. The maximum absolute atomic E-state index is 5.98. The van der Waals surface area contributed by atoms with Crippen LogP contribution in [0.1, 0.15) is 31.8 Å². The first-order chi connectivity index (χ1) is 9.04. The van der Waals surface area contributed by atoms with E-state index in [4.69, 9.17) is 16.3 Å². The molecule has 2 atom stereocenters. The molecule has 1 saturated heterocycles. The van der Waals surface area contributed by atoms with E-state index in [1.807, 2.05) is 17.8 Å². The van der Waals surface area contributed by atoms with Gasteiger partial charge >= 0.3 is 0 Å². The van der Waals surface area contributed by atoms with Crippen molar-refractivity contribution in [2.75, 3.05) is 26.2 Å². The number of halogens is 1. The fourth-order valence-corrected chi connectivity index (χ4v) is 2.47. The zero-order chi connectivity index (χ0) is 13.8. The lowest BCUT2D eigenvalue weighted by molar-refractivity contribution is -0.0406. The molecule has 2 heterocycles. The van der Waals surface area contributed by atoms with E-state index in [0.717, 1.165) is 38.5 Å². The maximum atomic E-state index is 5.98. The van der Waals surface area contributed by atoms with E-state index >= 15 is 0 Å². The highest BCUT2D eigenvalue weighted by molar-refractivity contribution is 6.20. The topological polar surface area (TPSA) is 43.2 Å². The van der Waals surface area contributed by atoms with E-state index < -0.39 is 0 Å². The average Bonchev–Trinajstić information content (AvgIpc) is 2.77. The van der Waals surface area contributed by atoms with Crippen molar-refractivity contribution in [1.82, 2.24) is 19.9 Å². The second-order valence-electron chi connectivity index (χ2n) is 5.63. The van der Waals surface area contributed by atoms with E-state index in [-0.39, 0.29) is 11.5 Å². The molecule has 2 rings (SSSR count). The van der Waals surface area contributed by atoms with Crippen molar-refractivity contribution in [1.29, 1.82) is 0 Å². The molecule has 1 aromatic heterocycles. The summed E-state index contributed by atoms with van der Waals surface area (Å²) in [6, 6.07) is 0. The van der Waals surface area contributed by atoms with Gasteiger partial charge in [-0.2, -0.15) is 0 Å². The molecule has 6 heteroatoms. The molecule has 0 amide bonds. The molecule has 108 valence electrons. The summed E-state index contributed by atoms with van der Waals surface area (Å²) < 4.78 is 7.63. The molecule has 1 aromatic rings. The van der Waals surface area contributed by atoms with Crippen LogP contribution in [0.3, 0.4) is 0 Å². The Balaban J connectivity index is 1.87. The monoisotopic (exact) mass is 286 g/mol. The Morgan fingerprint density at radius 2 is 2.26 bits per heavy atom. The molecule has 0 aromatic carbocycles. The lowest BCUT2D eigenvalue weighted by Gasteiger charge is -2.33. The quantitative estimate of drug-likeness (QED) is 0.776. The van der Waals surface area contributed by atoms with E-state index in [2.05, 4.69) is 29.1 Å². The Bertz CT molecular complexity index is 394. The molecule has 0 aliphatic carbocycles. The van der Waals surface area contributed by atoms with Crippen molar-refractivity contribution in [2.45, 2.75) is 38.8 Å². The highest BCUT2D eigenvalue weighted by Crippen LogP contribution is 2.16. The predicted octanol–water partition coefficient (Wildman–Crippen LogP) is 1.93. The largest absolute Gasteiger partial charge is 0.374 e. The van der Waals surface area contributed by atoms with Gasteiger partial charge in [-0.25, -0.2) is 4.68 Å². The minimum Gasteiger partial charge on any atom is -0.374 e. The molecule has 0 N–H and O–H groups in total. The molecule has 1 aliphatic rings. The zero-order valence-electron chi connectivity index (χ0n) is 11.9. The van der Waals surface area contributed by atoms with Gasteiger partial charge in [0.25, 0.3) is 0 Å². The van der Waals surface area contributed by atoms with Crippen LogP contribution in [0.15, 0.2) is 6.20 Å². The summed E-state index contributed by atoms with van der Waals surface area (Å²) in [5.74, 6) is 0.689. The summed E-state index contributed by atoms with van der Waals surface area (Å²) in [4.78, 5) is 2.46. The van der Waals surface area contributed by atoms with E-state index in [0.29, 0.717) is 5.92 Å². The van der Waals surface area contributed by atoms with Crippen molar-refractivity contribution in [3.05, 3.63) is 11.9 Å². The lowest BCUT2D eigenvalue weighted by atomic mass is 10.2. The van der Waals surface area contributed by atoms with Gasteiger partial charge in [-0.3, -0.25) is 4.90 Å². The number of morpholine rings is 1. The zero-order valence-corrected chi connectivity index (χ0v) is 12.7. The number of aromatic nitrogens is 3. The molecule has 19 heavy (non-hydrogen) atoms. The van der Waals surface area contributed by atoms with Crippen LogP contribution >= 0.6 is 11.6 Å². The number of rotatable bonds is 5. The van der Waals surface area contributed by atoms with Gasteiger partial charge in [-0.15, -0.1) is 16.7 Å². The third-order valence-corrected chi connectivity index (χ3v) is 3.42. The molecule has 0 radical (unpaired) electrons. The summed E-state index contributed by atoms with van der Waals surface area (Å²) in [6.07, 6.45) is 2.09. The normalized spacial score (nSPS) is 22.9. The number of hydrogen-bond acceptors (Lipinski definition) is 4. The Hall–Kier alpha value is -0.650.